The van der Waals surface area contributed by atoms with E-state index in [2.05, 4.69) is 28.5 Å². The highest BCUT2D eigenvalue weighted by Crippen LogP contribution is 2.18. The normalized spacial score (nSPS) is 14.6. The van der Waals surface area contributed by atoms with Gasteiger partial charge in [-0.3, -0.25) is 4.68 Å². The minimum Gasteiger partial charge on any atom is -0.337 e. The summed E-state index contributed by atoms with van der Waals surface area (Å²) in [5, 5.41) is 4.31. The molecule has 2 aromatic heterocycles. The summed E-state index contributed by atoms with van der Waals surface area (Å²) >= 11 is 0. The number of nitrogens with zero attached hydrogens (tertiary/aromatic N) is 4. The molecule has 0 spiro atoms. The fourth-order valence-corrected chi connectivity index (χ4v) is 2.31. The molecule has 0 fully saturated rings. The van der Waals surface area contributed by atoms with Gasteiger partial charge >= 0.3 is 0 Å². The molecule has 0 bridgehead atoms. The summed E-state index contributed by atoms with van der Waals surface area (Å²) < 4.78 is 4.19. The lowest BCUT2D eigenvalue weighted by molar-refractivity contribution is 0.297. The molecule has 0 N–H and O–H groups in total. The minimum atomic E-state index is 0.606. The van der Waals surface area contributed by atoms with Gasteiger partial charge < -0.3 is 4.57 Å². The number of hydrogen-bond acceptors (Lipinski definition) is 2. The zero-order valence-corrected chi connectivity index (χ0v) is 11.2. The first-order chi connectivity index (χ1) is 8.78. The maximum absolute atomic E-state index is 4.31. The number of aromatic nitrogens is 4. The molecule has 2 rings (SSSR count). The average molecular weight is 246 g/mol. The van der Waals surface area contributed by atoms with E-state index in [4.69, 9.17) is 0 Å². The van der Waals surface area contributed by atoms with Gasteiger partial charge in [0.25, 0.3) is 0 Å². The molecule has 0 radical (unpaired) electrons. The Morgan fingerprint density at radius 2 is 2.06 bits per heavy atom. The van der Waals surface area contributed by atoms with Gasteiger partial charge in [0, 0.05) is 37.9 Å². The van der Waals surface area contributed by atoms with Gasteiger partial charge in [0.1, 0.15) is 0 Å². The molecule has 2 atom stereocenters. The smallest absolute Gasteiger partial charge is 0.0946 e. The molecule has 0 aliphatic rings. The SMILES string of the molecule is CCC(C)CC(Cn1ccnc1)Cn1cccn1. The van der Waals surface area contributed by atoms with Gasteiger partial charge in [0.05, 0.1) is 6.33 Å². The van der Waals surface area contributed by atoms with Crippen molar-refractivity contribution in [2.24, 2.45) is 11.8 Å². The predicted octanol–water partition coefficient (Wildman–Crippen LogP) is 2.83. The van der Waals surface area contributed by atoms with Gasteiger partial charge in [0.15, 0.2) is 0 Å². The third-order valence-corrected chi connectivity index (χ3v) is 3.47. The molecular weight excluding hydrogens is 224 g/mol. The molecule has 98 valence electrons. The first-order valence-electron chi connectivity index (χ1n) is 6.71. The monoisotopic (exact) mass is 246 g/mol. The minimum absolute atomic E-state index is 0.606. The van der Waals surface area contributed by atoms with E-state index in [1.54, 1.807) is 0 Å². The molecule has 0 aromatic carbocycles. The van der Waals surface area contributed by atoms with Crippen LogP contribution in [0.1, 0.15) is 26.7 Å². The molecule has 0 aliphatic heterocycles. The van der Waals surface area contributed by atoms with Crippen molar-refractivity contribution >= 4 is 0 Å². The quantitative estimate of drug-likeness (QED) is 0.753. The van der Waals surface area contributed by atoms with Gasteiger partial charge in [-0.1, -0.05) is 20.3 Å². The van der Waals surface area contributed by atoms with Crippen LogP contribution in [0, 0.1) is 11.8 Å². The lowest BCUT2D eigenvalue weighted by atomic mass is 9.94. The third-order valence-electron chi connectivity index (χ3n) is 3.47. The third kappa shape index (κ3) is 3.72. The van der Waals surface area contributed by atoms with Crippen LogP contribution in [0.4, 0.5) is 0 Å². The van der Waals surface area contributed by atoms with Gasteiger partial charge in [-0.15, -0.1) is 0 Å². The second-order valence-electron chi connectivity index (χ2n) is 5.10. The van der Waals surface area contributed by atoms with Gasteiger partial charge in [-0.25, -0.2) is 4.98 Å². The second kappa shape index (κ2) is 6.38. The first-order valence-corrected chi connectivity index (χ1v) is 6.71. The summed E-state index contributed by atoms with van der Waals surface area (Å²) in [7, 11) is 0. The van der Waals surface area contributed by atoms with Crippen molar-refractivity contribution in [3.8, 4) is 0 Å². The highest BCUT2D eigenvalue weighted by molar-refractivity contribution is 4.80. The van der Waals surface area contributed by atoms with Crippen LogP contribution in [0.25, 0.3) is 0 Å². The summed E-state index contributed by atoms with van der Waals surface area (Å²) in [6, 6.07) is 1.98. The standard InChI is InChI=1S/C14H22N4/c1-3-13(2)9-14(10-17-8-6-15-12-17)11-18-7-4-5-16-18/h4-8,12-14H,3,9-11H2,1-2H3. The summed E-state index contributed by atoms with van der Waals surface area (Å²) in [6.07, 6.45) is 12.1. The van der Waals surface area contributed by atoms with E-state index in [0.717, 1.165) is 19.0 Å². The van der Waals surface area contributed by atoms with Crippen molar-refractivity contribution in [3.05, 3.63) is 37.2 Å². The highest BCUT2D eigenvalue weighted by Gasteiger charge is 2.14. The van der Waals surface area contributed by atoms with Gasteiger partial charge in [-0.2, -0.15) is 5.10 Å². The lowest BCUT2D eigenvalue weighted by Crippen LogP contribution is -2.19. The Bertz CT molecular complexity index is 382. The van der Waals surface area contributed by atoms with Gasteiger partial charge in [-0.05, 0) is 24.3 Å². The molecule has 18 heavy (non-hydrogen) atoms. The maximum Gasteiger partial charge on any atom is 0.0946 e. The van der Waals surface area contributed by atoms with E-state index in [1.165, 1.54) is 12.8 Å². The van der Waals surface area contributed by atoms with Crippen LogP contribution in [-0.4, -0.2) is 19.3 Å². The molecule has 2 aromatic rings. The summed E-state index contributed by atoms with van der Waals surface area (Å²) in [4.78, 5) is 4.11. The van der Waals surface area contributed by atoms with E-state index in [-0.39, 0.29) is 0 Å². The van der Waals surface area contributed by atoms with Crippen molar-refractivity contribution in [1.82, 2.24) is 19.3 Å². The van der Waals surface area contributed by atoms with Crippen molar-refractivity contribution in [1.29, 1.82) is 0 Å². The molecule has 0 saturated carbocycles. The Morgan fingerprint density at radius 1 is 1.17 bits per heavy atom. The number of hydrogen-bond donors (Lipinski definition) is 0. The fourth-order valence-electron chi connectivity index (χ4n) is 2.31. The first kappa shape index (κ1) is 12.9. The van der Waals surface area contributed by atoms with Crippen molar-refractivity contribution in [2.75, 3.05) is 0 Å². The molecule has 0 saturated heterocycles. The zero-order valence-electron chi connectivity index (χ0n) is 11.2. The van der Waals surface area contributed by atoms with E-state index < -0.39 is 0 Å². The van der Waals surface area contributed by atoms with E-state index >= 15 is 0 Å². The Balaban J connectivity index is 1.97. The van der Waals surface area contributed by atoms with Crippen LogP contribution in [-0.2, 0) is 13.1 Å². The van der Waals surface area contributed by atoms with Crippen molar-refractivity contribution in [3.63, 3.8) is 0 Å². The van der Waals surface area contributed by atoms with Crippen LogP contribution in [0.5, 0.6) is 0 Å². The molecule has 2 heterocycles. The molecule has 4 heteroatoms. The van der Waals surface area contributed by atoms with Crippen LogP contribution in [0.15, 0.2) is 37.2 Å². The molecule has 0 aliphatic carbocycles. The maximum atomic E-state index is 4.31. The number of rotatable bonds is 7. The molecule has 0 amide bonds. The van der Waals surface area contributed by atoms with Gasteiger partial charge in [0.2, 0.25) is 0 Å². The Hall–Kier alpha value is -1.58. The van der Waals surface area contributed by atoms with E-state index in [1.807, 2.05) is 41.9 Å². The van der Waals surface area contributed by atoms with Crippen LogP contribution >= 0.6 is 0 Å². The molecular formula is C14H22N4. The van der Waals surface area contributed by atoms with E-state index in [0.29, 0.717) is 5.92 Å². The predicted molar refractivity (Wildman–Crippen MR) is 72.0 cm³/mol. The summed E-state index contributed by atoms with van der Waals surface area (Å²) in [6.45, 7) is 6.58. The molecule has 4 nitrogen and oxygen atoms in total. The number of imidazole rings is 1. The van der Waals surface area contributed by atoms with Crippen LogP contribution in [0.2, 0.25) is 0 Å². The van der Waals surface area contributed by atoms with E-state index in [9.17, 15) is 0 Å². The summed E-state index contributed by atoms with van der Waals surface area (Å²) in [5.41, 5.74) is 0. The topological polar surface area (TPSA) is 35.6 Å². The largest absolute Gasteiger partial charge is 0.337 e. The second-order valence-corrected chi connectivity index (χ2v) is 5.10. The Labute approximate surface area is 109 Å². The lowest BCUT2D eigenvalue weighted by Gasteiger charge is -2.20. The zero-order chi connectivity index (χ0) is 12.8. The Kier molecular flexibility index (Phi) is 4.56. The Morgan fingerprint density at radius 3 is 2.67 bits per heavy atom. The fraction of sp³-hybridized carbons (Fsp3) is 0.571. The average Bonchev–Trinajstić information content (AvgIpc) is 3.02. The highest BCUT2D eigenvalue weighted by atomic mass is 15.3. The summed E-state index contributed by atoms with van der Waals surface area (Å²) in [5.74, 6) is 1.36. The van der Waals surface area contributed by atoms with Crippen molar-refractivity contribution < 1.29 is 0 Å². The van der Waals surface area contributed by atoms with Crippen molar-refractivity contribution in [2.45, 2.75) is 39.8 Å². The van der Waals surface area contributed by atoms with Crippen LogP contribution < -0.4 is 0 Å². The van der Waals surface area contributed by atoms with Crippen LogP contribution in [0.3, 0.4) is 0 Å². The molecule has 2 unspecified atom stereocenters.